The molecule has 16 heavy (non-hydrogen) atoms. The van der Waals surface area contributed by atoms with Crippen molar-refractivity contribution in [1.29, 1.82) is 0 Å². The third-order valence-corrected chi connectivity index (χ3v) is 2.93. The van der Waals surface area contributed by atoms with Crippen molar-refractivity contribution in [2.24, 2.45) is 0 Å². The number of rotatable bonds is 6. The summed E-state index contributed by atoms with van der Waals surface area (Å²) in [5.74, 6) is -0.962. The largest absolute Gasteiger partial charge is 0.550 e. The highest BCUT2D eigenvalue weighted by molar-refractivity contribution is 9.10. The summed E-state index contributed by atoms with van der Waals surface area (Å²) >= 11 is 3.39. The zero-order valence-corrected chi connectivity index (χ0v) is 10.9. The van der Waals surface area contributed by atoms with Crippen LogP contribution in [0.25, 0.3) is 0 Å². The summed E-state index contributed by atoms with van der Waals surface area (Å²) in [5.41, 5.74) is 1.26. The summed E-state index contributed by atoms with van der Waals surface area (Å²) < 4.78 is 1.07. The van der Waals surface area contributed by atoms with E-state index in [9.17, 15) is 9.90 Å². The van der Waals surface area contributed by atoms with Gasteiger partial charge in [-0.1, -0.05) is 28.1 Å². The lowest BCUT2D eigenvalue weighted by Gasteiger charge is -2.14. The van der Waals surface area contributed by atoms with Gasteiger partial charge in [0.25, 0.3) is 0 Å². The number of halogens is 1. The molecule has 0 aliphatic carbocycles. The molecule has 0 heterocycles. The van der Waals surface area contributed by atoms with Crippen LogP contribution in [0.5, 0.6) is 0 Å². The third kappa shape index (κ3) is 5.28. The molecule has 0 bridgehead atoms. The van der Waals surface area contributed by atoms with Crippen LogP contribution in [0.3, 0.4) is 0 Å². The van der Waals surface area contributed by atoms with Crippen LogP contribution < -0.4 is 10.0 Å². The van der Waals surface area contributed by atoms with Crippen LogP contribution in [-0.4, -0.2) is 19.6 Å². The number of carbonyl (C=O) groups is 1. The number of quaternary nitrogens is 1. The van der Waals surface area contributed by atoms with Crippen molar-refractivity contribution in [3.05, 3.63) is 34.3 Å². The molecule has 1 aromatic carbocycles. The second-order valence-corrected chi connectivity index (χ2v) is 4.90. The fraction of sp³-hybridized carbons (Fsp3) is 0.417. The average Bonchev–Trinajstić information content (AvgIpc) is 2.21. The molecule has 0 aliphatic heterocycles. The molecule has 1 unspecified atom stereocenters. The SMILES string of the molecule is C[NH+](CCCC(=O)[O-])Cc1ccc(Br)cc1. The molecule has 0 amide bonds. The van der Waals surface area contributed by atoms with Crippen LogP contribution in [0.15, 0.2) is 28.7 Å². The van der Waals surface area contributed by atoms with Crippen molar-refractivity contribution in [1.82, 2.24) is 0 Å². The van der Waals surface area contributed by atoms with Gasteiger partial charge in [-0.25, -0.2) is 0 Å². The van der Waals surface area contributed by atoms with Gasteiger partial charge in [-0.3, -0.25) is 0 Å². The van der Waals surface area contributed by atoms with Gasteiger partial charge in [0.05, 0.1) is 13.6 Å². The molecule has 0 aromatic heterocycles. The summed E-state index contributed by atoms with van der Waals surface area (Å²) in [6.07, 6.45) is 0.822. The van der Waals surface area contributed by atoms with Gasteiger partial charge in [0.1, 0.15) is 6.54 Å². The van der Waals surface area contributed by atoms with Gasteiger partial charge in [0.15, 0.2) is 0 Å². The average molecular weight is 286 g/mol. The van der Waals surface area contributed by atoms with Gasteiger partial charge in [-0.05, 0) is 18.6 Å². The molecule has 0 fully saturated rings. The number of hydrogen-bond donors (Lipinski definition) is 1. The van der Waals surface area contributed by atoms with Crippen LogP contribution >= 0.6 is 15.9 Å². The third-order valence-electron chi connectivity index (χ3n) is 2.40. The Balaban J connectivity index is 2.31. The highest BCUT2D eigenvalue weighted by atomic mass is 79.9. The lowest BCUT2D eigenvalue weighted by molar-refractivity contribution is -0.893. The lowest BCUT2D eigenvalue weighted by Crippen LogP contribution is -3.07. The molecule has 88 valence electrons. The van der Waals surface area contributed by atoms with E-state index in [0.717, 1.165) is 17.6 Å². The summed E-state index contributed by atoms with van der Waals surface area (Å²) in [6, 6.07) is 8.19. The Morgan fingerprint density at radius 1 is 1.38 bits per heavy atom. The minimum Gasteiger partial charge on any atom is -0.550 e. The predicted molar refractivity (Wildman–Crippen MR) is 63.8 cm³/mol. The van der Waals surface area contributed by atoms with Gasteiger partial charge >= 0.3 is 0 Å². The first-order chi connectivity index (χ1) is 7.58. The van der Waals surface area contributed by atoms with E-state index in [-0.39, 0.29) is 6.42 Å². The first-order valence-electron chi connectivity index (χ1n) is 5.33. The summed E-state index contributed by atoms with van der Waals surface area (Å²) in [5, 5.41) is 10.3. The van der Waals surface area contributed by atoms with Gasteiger partial charge in [-0.15, -0.1) is 0 Å². The normalized spacial score (nSPS) is 12.4. The molecule has 1 aromatic rings. The fourth-order valence-electron chi connectivity index (χ4n) is 1.57. The maximum absolute atomic E-state index is 10.3. The molecule has 4 heteroatoms. The van der Waals surface area contributed by atoms with Gasteiger partial charge < -0.3 is 14.8 Å². The Hall–Kier alpha value is -0.870. The Kier molecular flexibility index (Phi) is 5.49. The second kappa shape index (κ2) is 6.66. The predicted octanol–water partition coefficient (Wildman–Crippen LogP) is -0.00610. The van der Waals surface area contributed by atoms with Gasteiger partial charge in [0.2, 0.25) is 0 Å². The molecule has 1 rings (SSSR count). The van der Waals surface area contributed by atoms with Crippen molar-refractivity contribution >= 4 is 21.9 Å². The van der Waals surface area contributed by atoms with E-state index in [2.05, 4.69) is 35.1 Å². The number of hydrogen-bond acceptors (Lipinski definition) is 2. The van der Waals surface area contributed by atoms with E-state index in [4.69, 9.17) is 0 Å². The molecule has 3 nitrogen and oxygen atoms in total. The number of benzene rings is 1. The maximum atomic E-state index is 10.3. The fourth-order valence-corrected chi connectivity index (χ4v) is 1.84. The van der Waals surface area contributed by atoms with E-state index >= 15 is 0 Å². The van der Waals surface area contributed by atoms with Crippen LogP contribution in [-0.2, 0) is 11.3 Å². The molecule has 0 aliphatic rings. The van der Waals surface area contributed by atoms with Gasteiger partial charge in [0, 0.05) is 22.4 Å². The Bertz CT molecular complexity index is 337. The quantitative estimate of drug-likeness (QED) is 0.799. The zero-order valence-electron chi connectivity index (χ0n) is 9.33. The first kappa shape index (κ1) is 13.2. The van der Waals surface area contributed by atoms with Crippen LogP contribution in [0.2, 0.25) is 0 Å². The molecule has 1 N–H and O–H groups in total. The molecule has 0 saturated carbocycles. The topological polar surface area (TPSA) is 44.6 Å². The minimum absolute atomic E-state index is 0.150. The van der Waals surface area contributed by atoms with Crippen LogP contribution in [0, 0.1) is 0 Å². The molecule has 1 atom stereocenters. The number of carboxylic acids is 1. The first-order valence-corrected chi connectivity index (χ1v) is 6.13. The molecular weight excluding hydrogens is 270 g/mol. The Morgan fingerprint density at radius 3 is 2.56 bits per heavy atom. The molecular formula is C12H16BrNO2. The van der Waals surface area contributed by atoms with Crippen molar-refractivity contribution in [2.75, 3.05) is 13.6 Å². The molecule has 0 radical (unpaired) electrons. The van der Waals surface area contributed by atoms with E-state index in [1.54, 1.807) is 0 Å². The number of aliphatic carboxylic acids is 1. The summed E-state index contributed by atoms with van der Waals surface area (Å²) in [7, 11) is 2.07. The summed E-state index contributed by atoms with van der Waals surface area (Å²) in [4.78, 5) is 11.6. The molecule has 0 saturated heterocycles. The van der Waals surface area contributed by atoms with Crippen molar-refractivity contribution in [3.8, 4) is 0 Å². The Labute approximate surface area is 104 Å². The standard InChI is InChI=1S/C12H16BrNO2/c1-14(8-2-3-12(15)16)9-10-4-6-11(13)7-5-10/h4-7H,2-3,8-9H2,1H3,(H,15,16). The minimum atomic E-state index is -0.962. The van der Waals surface area contributed by atoms with E-state index in [0.29, 0.717) is 6.42 Å². The van der Waals surface area contributed by atoms with Crippen LogP contribution in [0.1, 0.15) is 18.4 Å². The second-order valence-electron chi connectivity index (χ2n) is 3.99. The van der Waals surface area contributed by atoms with E-state index < -0.39 is 5.97 Å². The van der Waals surface area contributed by atoms with Crippen LogP contribution in [0.4, 0.5) is 0 Å². The monoisotopic (exact) mass is 285 g/mol. The van der Waals surface area contributed by atoms with E-state index in [1.807, 2.05) is 12.1 Å². The van der Waals surface area contributed by atoms with Crippen molar-refractivity contribution in [3.63, 3.8) is 0 Å². The number of carboxylic acid groups (broad SMARTS) is 1. The van der Waals surface area contributed by atoms with Crippen molar-refractivity contribution < 1.29 is 14.8 Å². The lowest BCUT2D eigenvalue weighted by atomic mass is 10.2. The zero-order chi connectivity index (χ0) is 12.0. The maximum Gasteiger partial charge on any atom is 0.103 e. The number of nitrogens with one attached hydrogen (secondary N) is 1. The Morgan fingerprint density at radius 2 is 2.00 bits per heavy atom. The highest BCUT2D eigenvalue weighted by Crippen LogP contribution is 2.09. The summed E-state index contributed by atoms with van der Waals surface area (Å²) in [6.45, 7) is 1.77. The van der Waals surface area contributed by atoms with Crippen molar-refractivity contribution in [2.45, 2.75) is 19.4 Å². The number of carbonyl (C=O) groups excluding carboxylic acids is 1. The highest BCUT2D eigenvalue weighted by Gasteiger charge is 2.03. The van der Waals surface area contributed by atoms with E-state index in [1.165, 1.54) is 10.5 Å². The van der Waals surface area contributed by atoms with Gasteiger partial charge in [-0.2, -0.15) is 0 Å². The smallest absolute Gasteiger partial charge is 0.103 e. The molecule has 0 spiro atoms.